The van der Waals surface area contributed by atoms with Crippen molar-refractivity contribution < 1.29 is 13.6 Å². The van der Waals surface area contributed by atoms with Crippen LogP contribution in [0, 0.1) is 19.7 Å². The first kappa shape index (κ1) is 22.8. The van der Waals surface area contributed by atoms with Gasteiger partial charge in [-0.3, -0.25) is 4.79 Å². The fourth-order valence-electron chi connectivity index (χ4n) is 3.95. The molecule has 0 aliphatic carbocycles. The number of carbonyl (C=O) groups is 1. The van der Waals surface area contributed by atoms with Gasteiger partial charge in [-0.1, -0.05) is 19.6 Å². The number of benzene rings is 1. The van der Waals surface area contributed by atoms with Gasteiger partial charge in [-0.05, 0) is 68.0 Å². The minimum Gasteiger partial charge on any atom is -0.446 e. The number of hydrogen-bond acceptors (Lipinski definition) is 4. The number of carbonyl (C=O) groups excluding carboxylic acids is 1. The van der Waals surface area contributed by atoms with E-state index >= 15 is 0 Å². The molecule has 1 aliphatic heterocycles. The quantitative estimate of drug-likeness (QED) is 0.581. The summed E-state index contributed by atoms with van der Waals surface area (Å²) in [4.78, 5) is 21.1. The molecule has 0 unspecified atom stereocenters. The van der Waals surface area contributed by atoms with Crippen molar-refractivity contribution in [2.24, 2.45) is 0 Å². The zero-order valence-electron chi connectivity index (χ0n) is 18.9. The molecule has 2 heterocycles. The van der Waals surface area contributed by atoms with E-state index in [1.165, 1.54) is 6.07 Å². The zero-order chi connectivity index (χ0) is 22.5. The molecule has 166 valence electrons. The van der Waals surface area contributed by atoms with Gasteiger partial charge in [0.25, 0.3) is 0 Å². The number of oxazole rings is 1. The number of likely N-dealkylation sites (N-methyl/N-ethyl adjacent to an activating group) is 1. The number of halogens is 1. The highest BCUT2D eigenvalue weighted by Gasteiger charge is 2.27. The van der Waals surface area contributed by atoms with Crippen molar-refractivity contribution in [3.05, 3.63) is 71.3 Å². The summed E-state index contributed by atoms with van der Waals surface area (Å²) in [5.41, 5.74) is 3.30. The number of aryl methyl sites for hydroxylation is 2. The summed E-state index contributed by atoms with van der Waals surface area (Å²) in [5, 5.41) is 0. The number of aromatic nitrogens is 1. The molecule has 2 aromatic rings. The van der Waals surface area contributed by atoms with Crippen LogP contribution in [0.3, 0.4) is 0 Å². The Morgan fingerprint density at radius 2 is 2.06 bits per heavy atom. The lowest BCUT2D eigenvalue weighted by Gasteiger charge is -2.32. The molecule has 1 saturated heterocycles. The van der Waals surface area contributed by atoms with Crippen LogP contribution in [-0.2, 0) is 4.79 Å². The zero-order valence-corrected chi connectivity index (χ0v) is 18.9. The van der Waals surface area contributed by atoms with Crippen molar-refractivity contribution in [1.29, 1.82) is 0 Å². The second kappa shape index (κ2) is 9.94. The van der Waals surface area contributed by atoms with Crippen LogP contribution in [0.1, 0.15) is 54.9 Å². The highest BCUT2D eigenvalue weighted by Crippen LogP contribution is 2.28. The highest BCUT2D eigenvalue weighted by atomic mass is 19.1. The molecule has 5 nitrogen and oxygen atoms in total. The van der Waals surface area contributed by atoms with Crippen molar-refractivity contribution in [2.45, 2.75) is 46.0 Å². The van der Waals surface area contributed by atoms with Gasteiger partial charge in [0.1, 0.15) is 11.6 Å². The van der Waals surface area contributed by atoms with Crippen molar-refractivity contribution in [2.75, 3.05) is 26.7 Å². The van der Waals surface area contributed by atoms with Gasteiger partial charge in [-0.25, -0.2) is 9.37 Å². The van der Waals surface area contributed by atoms with Crippen molar-refractivity contribution >= 4 is 11.5 Å². The Balaban J connectivity index is 1.58. The van der Waals surface area contributed by atoms with E-state index in [9.17, 15) is 9.18 Å². The number of allylic oxidation sites excluding steroid dienone is 3. The van der Waals surface area contributed by atoms with Crippen LogP contribution >= 0.6 is 0 Å². The van der Waals surface area contributed by atoms with Crippen LogP contribution in [0.15, 0.2) is 47.2 Å². The molecule has 0 N–H and O–H groups in total. The number of amides is 1. The minimum absolute atomic E-state index is 0.118. The van der Waals surface area contributed by atoms with E-state index in [4.69, 9.17) is 4.42 Å². The highest BCUT2D eigenvalue weighted by molar-refractivity contribution is 5.79. The minimum atomic E-state index is -0.222. The topological polar surface area (TPSA) is 49.6 Å². The first-order chi connectivity index (χ1) is 14.8. The summed E-state index contributed by atoms with van der Waals surface area (Å²) >= 11 is 0. The molecule has 0 spiro atoms. The molecule has 0 atom stereocenters. The van der Waals surface area contributed by atoms with Crippen LogP contribution < -0.4 is 0 Å². The third kappa shape index (κ3) is 5.63. The van der Waals surface area contributed by atoms with Gasteiger partial charge >= 0.3 is 0 Å². The molecule has 1 aliphatic rings. The second-order valence-electron chi connectivity index (χ2n) is 8.30. The van der Waals surface area contributed by atoms with E-state index in [-0.39, 0.29) is 17.6 Å². The Morgan fingerprint density at radius 1 is 1.35 bits per heavy atom. The Hall–Kier alpha value is -2.89. The Labute approximate surface area is 184 Å². The SMILES string of the molecule is C=C(/C=C(/CC)N(C)CC(=O)N1CCC(c2ncc(C)o2)CC1)c1ccc(F)c(C)c1. The van der Waals surface area contributed by atoms with Gasteiger partial charge in [-0.15, -0.1) is 0 Å². The summed E-state index contributed by atoms with van der Waals surface area (Å²) in [6.45, 7) is 11.6. The van der Waals surface area contributed by atoms with Gasteiger partial charge in [-0.2, -0.15) is 0 Å². The molecule has 0 saturated carbocycles. The van der Waals surface area contributed by atoms with E-state index in [1.54, 1.807) is 25.3 Å². The smallest absolute Gasteiger partial charge is 0.242 e. The Bertz CT molecular complexity index is 971. The molecule has 1 fully saturated rings. The Morgan fingerprint density at radius 3 is 2.65 bits per heavy atom. The molecule has 1 aromatic carbocycles. The fourth-order valence-corrected chi connectivity index (χ4v) is 3.95. The first-order valence-electron chi connectivity index (χ1n) is 10.9. The average Bonchev–Trinajstić information content (AvgIpc) is 3.20. The van der Waals surface area contributed by atoms with Crippen LogP contribution in [0.2, 0.25) is 0 Å². The third-order valence-corrected chi connectivity index (χ3v) is 5.93. The number of likely N-dealkylation sites (tertiary alicyclic amines) is 1. The summed E-state index contributed by atoms with van der Waals surface area (Å²) < 4.78 is 19.2. The molecule has 0 bridgehead atoms. The monoisotopic (exact) mass is 425 g/mol. The summed E-state index contributed by atoms with van der Waals surface area (Å²) in [6, 6.07) is 5.00. The van der Waals surface area contributed by atoms with Gasteiger partial charge < -0.3 is 14.2 Å². The number of hydrogen-bond donors (Lipinski definition) is 0. The molecule has 6 heteroatoms. The van der Waals surface area contributed by atoms with Crippen LogP contribution in [-0.4, -0.2) is 47.4 Å². The average molecular weight is 426 g/mol. The van der Waals surface area contributed by atoms with Gasteiger partial charge in [0.2, 0.25) is 5.91 Å². The molecular formula is C25H32FN3O2. The van der Waals surface area contributed by atoms with Gasteiger partial charge in [0.15, 0.2) is 5.89 Å². The first-order valence-corrected chi connectivity index (χ1v) is 10.9. The lowest BCUT2D eigenvalue weighted by molar-refractivity contribution is -0.132. The summed E-state index contributed by atoms with van der Waals surface area (Å²) in [7, 11) is 1.93. The van der Waals surface area contributed by atoms with Crippen LogP contribution in [0.5, 0.6) is 0 Å². The molecule has 1 amide bonds. The third-order valence-electron chi connectivity index (χ3n) is 5.93. The van der Waals surface area contributed by atoms with Crippen molar-refractivity contribution in [3.8, 4) is 0 Å². The van der Waals surface area contributed by atoms with Crippen LogP contribution in [0.25, 0.3) is 5.57 Å². The predicted molar refractivity (Wildman–Crippen MR) is 121 cm³/mol. The van der Waals surface area contributed by atoms with Crippen LogP contribution in [0.4, 0.5) is 4.39 Å². The molecule has 31 heavy (non-hydrogen) atoms. The molecular weight excluding hydrogens is 393 g/mol. The molecule has 3 rings (SSSR count). The van der Waals surface area contributed by atoms with E-state index in [0.717, 1.165) is 47.7 Å². The van der Waals surface area contributed by atoms with E-state index in [0.29, 0.717) is 25.2 Å². The number of piperidine rings is 1. The van der Waals surface area contributed by atoms with Gasteiger partial charge in [0, 0.05) is 31.8 Å². The van der Waals surface area contributed by atoms with E-state index in [2.05, 4.69) is 18.5 Å². The maximum atomic E-state index is 13.6. The lowest BCUT2D eigenvalue weighted by atomic mass is 9.97. The second-order valence-corrected chi connectivity index (χ2v) is 8.30. The maximum absolute atomic E-state index is 13.6. The van der Waals surface area contributed by atoms with E-state index < -0.39 is 0 Å². The fraction of sp³-hybridized carbons (Fsp3) is 0.440. The summed E-state index contributed by atoms with van der Waals surface area (Å²) in [5.74, 6) is 1.79. The van der Waals surface area contributed by atoms with E-state index in [1.807, 2.05) is 29.8 Å². The number of rotatable bonds is 7. The lowest BCUT2D eigenvalue weighted by Crippen LogP contribution is -2.42. The maximum Gasteiger partial charge on any atom is 0.242 e. The molecule has 0 radical (unpaired) electrons. The van der Waals surface area contributed by atoms with Gasteiger partial charge in [0.05, 0.1) is 12.7 Å². The standard InChI is InChI=1S/C25H32FN3O2/c1-6-22(14-17(2)21-7-8-23(26)18(3)13-21)28(5)16-24(30)29-11-9-20(10-12-29)25-27-15-19(4)31-25/h7-8,13-15,20H,2,6,9-12,16H2,1,3-5H3/b22-14-. The molecule has 1 aromatic heterocycles. The Kier molecular flexibility index (Phi) is 7.31. The largest absolute Gasteiger partial charge is 0.446 e. The normalized spacial score (nSPS) is 15.3. The number of nitrogens with zero attached hydrogens (tertiary/aromatic N) is 3. The van der Waals surface area contributed by atoms with Crippen molar-refractivity contribution in [1.82, 2.24) is 14.8 Å². The predicted octanol–water partition coefficient (Wildman–Crippen LogP) is 5.08. The summed E-state index contributed by atoms with van der Waals surface area (Å²) in [6.07, 6.45) is 6.24. The van der Waals surface area contributed by atoms with Crippen molar-refractivity contribution in [3.63, 3.8) is 0 Å².